The third-order valence-electron chi connectivity index (χ3n) is 7.71. The number of nitrogens with one attached hydrogen (secondary N) is 1. The van der Waals surface area contributed by atoms with Crippen molar-refractivity contribution in [1.82, 2.24) is 4.57 Å². The largest absolute Gasteiger partial charge is 0.496 e. The van der Waals surface area contributed by atoms with E-state index < -0.39 is 6.04 Å². The number of thiazole rings is 1. The Kier molecular flexibility index (Phi) is 9.57. The molecule has 1 N–H and O–H groups in total. The van der Waals surface area contributed by atoms with Crippen LogP contribution in [0.4, 0.5) is 5.69 Å². The summed E-state index contributed by atoms with van der Waals surface area (Å²) in [5.41, 5.74) is 4.57. The Morgan fingerprint density at radius 3 is 2.38 bits per heavy atom. The van der Waals surface area contributed by atoms with Gasteiger partial charge in [0, 0.05) is 16.3 Å². The van der Waals surface area contributed by atoms with E-state index in [1.807, 2.05) is 73.7 Å². The molecule has 1 aromatic heterocycles. The summed E-state index contributed by atoms with van der Waals surface area (Å²) in [5, 5.41) is 4.01. The maximum Gasteiger partial charge on any atom is 0.271 e. The number of aryl methyl sites for hydroxylation is 1. The molecule has 0 bridgehead atoms. The van der Waals surface area contributed by atoms with E-state index in [2.05, 4.69) is 5.32 Å². The number of methoxy groups -OCH3 is 1. The van der Waals surface area contributed by atoms with E-state index in [-0.39, 0.29) is 28.1 Å². The number of aromatic nitrogens is 1. The standard InChI is InChI=1S/C36H28Cl3N3O4S/c1-20-9-7-8-12-28(20)41-34(43)31-21(2)40-36-42(32(31)23-10-5-4-6-11-23)35(44)30(47-36)16-22-13-14-29(45-3)24(15-22)19-46-33-26(38)17-25(37)18-27(33)39/h4-18,32H,19H2,1-3H3,(H,41,43)/b30-16+/t32-/m1/s1. The van der Waals surface area contributed by atoms with Crippen LogP contribution in [0.2, 0.25) is 15.1 Å². The predicted molar refractivity (Wildman–Crippen MR) is 189 cm³/mol. The van der Waals surface area contributed by atoms with Crippen LogP contribution in [0.1, 0.15) is 35.2 Å². The molecule has 238 valence electrons. The van der Waals surface area contributed by atoms with Gasteiger partial charge in [0.1, 0.15) is 12.4 Å². The lowest BCUT2D eigenvalue weighted by atomic mass is 9.95. The predicted octanol–water partition coefficient (Wildman–Crippen LogP) is 7.73. The van der Waals surface area contributed by atoms with Gasteiger partial charge in [-0.1, -0.05) is 101 Å². The van der Waals surface area contributed by atoms with E-state index in [9.17, 15) is 9.59 Å². The van der Waals surface area contributed by atoms with Gasteiger partial charge in [0.2, 0.25) is 0 Å². The van der Waals surface area contributed by atoms with E-state index in [0.29, 0.717) is 48.4 Å². The number of benzene rings is 4. The van der Waals surface area contributed by atoms with Gasteiger partial charge in [-0.2, -0.15) is 0 Å². The smallest absolute Gasteiger partial charge is 0.271 e. The minimum Gasteiger partial charge on any atom is -0.496 e. The van der Waals surface area contributed by atoms with Crippen molar-refractivity contribution in [1.29, 1.82) is 0 Å². The Hall–Kier alpha value is -4.34. The molecule has 7 nitrogen and oxygen atoms in total. The van der Waals surface area contributed by atoms with Crippen molar-refractivity contribution < 1.29 is 14.3 Å². The molecular weight excluding hydrogens is 677 g/mol. The number of allylic oxidation sites excluding steroid dienone is 1. The molecule has 0 fully saturated rings. The minimum absolute atomic E-state index is 0.0970. The van der Waals surface area contributed by atoms with E-state index >= 15 is 0 Å². The highest BCUT2D eigenvalue weighted by molar-refractivity contribution is 7.07. The van der Waals surface area contributed by atoms with E-state index in [1.165, 1.54) is 11.3 Å². The second kappa shape index (κ2) is 13.8. The zero-order valence-electron chi connectivity index (χ0n) is 25.5. The molecule has 4 aromatic carbocycles. The quantitative estimate of drug-likeness (QED) is 0.179. The van der Waals surface area contributed by atoms with Gasteiger partial charge in [-0.05, 0) is 66.9 Å². The Bertz CT molecular complexity index is 2210. The van der Waals surface area contributed by atoms with Crippen molar-refractivity contribution in [2.75, 3.05) is 12.4 Å². The molecule has 1 amide bonds. The highest BCUT2D eigenvalue weighted by Crippen LogP contribution is 2.37. The van der Waals surface area contributed by atoms with Gasteiger partial charge in [0.05, 0.1) is 39.0 Å². The number of rotatable bonds is 8. The number of hydrogen-bond donors (Lipinski definition) is 1. The van der Waals surface area contributed by atoms with Crippen LogP contribution in [0, 0.1) is 6.92 Å². The van der Waals surface area contributed by atoms with Crippen molar-refractivity contribution in [3.63, 3.8) is 0 Å². The summed E-state index contributed by atoms with van der Waals surface area (Å²) in [6.45, 7) is 3.83. The van der Waals surface area contributed by atoms with Crippen LogP contribution in [0.5, 0.6) is 11.5 Å². The second-order valence-electron chi connectivity index (χ2n) is 10.8. The maximum absolute atomic E-state index is 14.1. The molecule has 0 saturated heterocycles. The number of hydrogen-bond acceptors (Lipinski definition) is 6. The number of anilines is 1. The number of ether oxygens (including phenoxy) is 2. The molecule has 11 heteroatoms. The van der Waals surface area contributed by atoms with Crippen LogP contribution in [0.25, 0.3) is 6.08 Å². The van der Waals surface area contributed by atoms with Crippen LogP contribution in [-0.4, -0.2) is 17.6 Å². The van der Waals surface area contributed by atoms with E-state index in [4.69, 9.17) is 49.3 Å². The SMILES string of the molecule is COc1ccc(/C=c2/sc3n(c2=O)[C@H](c2ccccc2)C(C(=O)Nc2ccccc2C)=C(C)N=3)cc1COc1c(Cl)cc(Cl)cc1Cl. The normalized spacial score (nSPS) is 14.4. The first-order valence-corrected chi connectivity index (χ1v) is 16.5. The Morgan fingerprint density at radius 2 is 1.68 bits per heavy atom. The zero-order valence-corrected chi connectivity index (χ0v) is 28.6. The Morgan fingerprint density at radius 1 is 0.979 bits per heavy atom. The highest BCUT2D eigenvalue weighted by atomic mass is 35.5. The first-order chi connectivity index (χ1) is 22.6. The van der Waals surface area contributed by atoms with Gasteiger partial charge in [0.25, 0.3) is 11.5 Å². The minimum atomic E-state index is -0.674. The first kappa shape index (κ1) is 32.6. The molecule has 5 aromatic rings. The number of carbonyl (C=O) groups excluding carboxylic acids is 1. The molecular formula is C36H28Cl3N3O4S. The van der Waals surface area contributed by atoms with Crippen molar-refractivity contribution in [3.8, 4) is 11.5 Å². The molecule has 1 aliphatic rings. The summed E-state index contributed by atoms with van der Waals surface area (Å²) in [6, 6.07) is 25.0. The third kappa shape index (κ3) is 6.73. The molecule has 0 radical (unpaired) electrons. The van der Waals surface area contributed by atoms with Crippen molar-refractivity contribution in [2.24, 2.45) is 4.99 Å². The van der Waals surface area contributed by atoms with Crippen LogP contribution in [0.3, 0.4) is 0 Å². The topological polar surface area (TPSA) is 81.9 Å². The monoisotopic (exact) mass is 703 g/mol. The molecule has 0 aliphatic carbocycles. The summed E-state index contributed by atoms with van der Waals surface area (Å²) in [6.07, 6.45) is 1.80. The highest BCUT2D eigenvalue weighted by Gasteiger charge is 2.32. The fourth-order valence-electron chi connectivity index (χ4n) is 5.43. The van der Waals surface area contributed by atoms with Crippen molar-refractivity contribution in [2.45, 2.75) is 26.5 Å². The third-order valence-corrected chi connectivity index (χ3v) is 9.47. The van der Waals surface area contributed by atoms with Gasteiger partial charge in [-0.15, -0.1) is 0 Å². The fourth-order valence-corrected chi connectivity index (χ4v) is 7.41. The van der Waals surface area contributed by atoms with Crippen molar-refractivity contribution >= 4 is 63.8 Å². The van der Waals surface area contributed by atoms with Crippen LogP contribution in [-0.2, 0) is 11.4 Å². The molecule has 6 rings (SSSR count). The van der Waals surface area contributed by atoms with E-state index in [1.54, 1.807) is 42.9 Å². The average molecular weight is 705 g/mol. The van der Waals surface area contributed by atoms with Gasteiger partial charge < -0.3 is 14.8 Å². The summed E-state index contributed by atoms with van der Waals surface area (Å²) < 4.78 is 13.6. The zero-order chi connectivity index (χ0) is 33.2. The molecule has 1 atom stereocenters. The van der Waals surface area contributed by atoms with Crippen LogP contribution < -0.4 is 29.7 Å². The second-order valence-corrected chi connectivity index (χ2v) is 13.1. The summed E-state index contributed by atoms with van der Waals surface area (Å²) in [5.74, 6) is 0.579. The molecule has 0 saturated carbocycles. The van der Waals surface area contributed by atoms with Gasteiger partial charge in [-0.3, -0.25) is 14.2 Å². The number of fused-ring (bicyclic) bond motifs is 1. The summed E-state index contributed by atoms with van der Waals surface area (Å²) in [4.78, 5) is 33.3. The number of amides is 1. The lowest BCUT2D eigenvalue weighted by Crippen LogP contribution is -2.40. The van der Waals surface area contributed by atoms with E-state index in [0.717, 1.165) is 16.7 Å². The summed E-state index contributed by atoms with van der Waals surface area (Å²) >= 11 is 19.9. The van der Waals surface area contributed by atoms with Crippen LogP contribution in [0.15, 0.2) is 106 Å². The Balaban J connectivity index is 1.39. The Labute approximate surface area is 290 Å². The van der Waals surface area contributed by atoms with Crippen molar-refractivity contribution in [3.05, 3.63) is 153 Å². The fraction of sp³-hybridized carbons (Fsp3) is 0.139. The maximum atomic E-state index is 14.1. The van der Waals surface area contributed by atoms with Gasteiger partial charge in [-0.25, -0.2) is 4.99 Å². The molecule has 2 heterocycles. The van der Waals surface area contributed by atoms with Crippen LogP contribution >= 0.6 is 46.1 Å². The molecule has 0 spiro atoms. The summed E-state index contributed by atoms with van der Waals surface area (Å²) in [7, 11) is 1.57. The van der Waals surface area contributed by atoms with Gasteiger partial charge in [0.15, 0.2) is 10.6 Å². The number of carbonyl (C=O) groups is 1. The lowest BCUT2D eigenvalue weighted by molar-refractivity contribution is -0.113. The number of para-hydroxylation sites is 1. The first-order valence-electron chi connectivity index (χ1n) is 14.5. The molecule has 1 aliphatic heterocycles. The number of nitrogens with zero attached hydrogens (tertiary/aromatic N) is 2. The molecule has 47 heavy (non-hydrogen) atoms. The lowest BCUT2D eigenvalue weighted by Gasteiger charge is -2.25. The molecule has 0 unspecified atom stereocenters. The average Bonchev–Trinajstić information content (AvgIpc) is 3.35. The number of halogens is 3. The van der Waals surface area contributed by atoms with Gasteiger partial charge >= 0.3 is 0 Å².